The van der Waals surface area contributed by atoms with Crippen molar-refractivity contribution in [2.75, 3.05) is 23.7 Å². The van der Waals surface area contributed by atoms with Crippen LogP contribution in [0.3, 0.4) is 0 Å². The first-order chi connectivity index (χ1) is 16.9. The number of fused-ring (bicyclic) bond motifs is 1. The summed E-state index contributed by atoms with van der Waals surface area (Å²) in [5.74, 6) is 1.03. The van der Waals surface area contributed by atoms with Gasteiger partial charge in [-0.15, -0.1) is 0 Å². The maximum atomic E-state index is 12.2. The Morgan fingerprint density at radius 1 is 1.20 bits per heavy atom. The molecule has 0 aliphatic carbocycles. The molecule has 0 fully saturated rings. The van der Waals surface area contributed by atoms with Crippen LogP contribution in [0.2, 0.25) is 0 Å². The molecule has 14 nitrogen and oxygen atoms in total. The standard InChI is InChI=1S/C21H23N9O5/c1-30-19(26-21(33)34)14(11-24-30)18-25-16(35-29-18)8-7-15(31)22-9-4-10-23-17-12-5-2-3-6-13(12)20(32)28-27-17/h2-3,5-6,11,26H,4,7-10H2,1H3,(H,22,31)(H,23,27)(H,28,32)(H,33,34). The molecule has 5 N–H and O–H groups in total. The number of hydrogen-bond donors (Lipinski definition) is 5. The quantitative estimate of drug-likeness (QED) is 0.206. The molecule has 0 unspecified atom stereocenters. The number of carbonyl (C=O) groups is 2. The van der Waals surface area contributed by atoms with Crippen LogP contribution in [-0.4, -0.2) is 60.3 Å². The zero-order chi connectivity index (χ0) is 24.8. The van der Waals surface area contributed by atoms with Gasteiger partial charge in [-0.05, 0) is 12.5 Å². The molecule has 2 amide bonds. The lowest BCUT2D eigenvalue weighted by atomic mass is 10.2. The minimum atomic E-state index is -1.24. The summed E-state index contributed by atoms with van der Waals surface area (Å²) in [5.41, 5.74) is 0.121. The smallest absolute Gasteiger partial charge is 0.410 e. The first-order valence-electron chi connectivity index (χ1n) is 10.7. The van der Waals surface area contributed by atoms with Crippen molar-refractivity contribution in [2.24, 2.45) is 7.05 Å². The predicted molar refractivity (Wildman–Crippen MR) is 125 cm³/mol. The van der Waals surface area contributed by atoms with Gasteiger partial charge in [0.15, 0.2) is 5.82 Å². The summed E-state index contributed by atoms with van der Waals surface area (Å²) in [4.78, 5) is 39.2. The molecular weight excluding hydrogens is 458 g/mol. The Kier molecular flexibility index (Phi) is 6.99. The van der Waals surface area contributed by atoms with E-state index < -0.39 is 6.09 Å². The molecule has 182 valence electrons. The molecule has 0 bridgehead atoms. The second kappa shape index (κ2) is 10.5. The van der Waals surface area contributed by atoms with Gasteiger partial charge in [0.1, 0.15) is 5.82 Å². The molecular formula is C21H23N9O5. The van der Waals surface area contributed by atoms with Gasteiger partial charge >= 0.3 is 6.09 Å². The maximum absolute atomic E-state index is 12.2. The lowest BCUT2D eigenvalue weighted by molar-refractivity contribution is -0.121. The third-order valence-corrected chi connectivity index (χ3v) is 5.10. The molecule has 14 heteroatoms. The van der Waals surface area contributed by atoms with Gasteiger partial charge in [-0.1, -0.05) is 23.4 Å². The van der Waals surface area contributed by atoms with Crippen LogP contribution in [0, 0.1) is 0 Å². The topological polar surface area (TPSA) is 193 Å². The van der Waals surface area contributed by atoms with Crippen LogP contribution >= 0.6 is 0 Å². The van der Waals surface area contributed by atoms with Crippen molar-refractivity contribution in [2.45, 2.75) is 19.3 Å². The number of anilines is 2. The minimum Gasteiger partial charge on any atom is -0.465 e. The number of aromatic amines is 1. The lowest BCUT2D eigenvalue weighted by Crippen LogP contribution is -2.26. The van der Waals surface area contributed by atoms with Crippen molar-refractivity contribution >= 4 is 34.4 Å². The number of H-pyrrole nitrogens is 1. The Bertz CT molecular complexity index is 1410. The summed E-state index contributed by atoms with van der Waals surface area (Å²) >= 11 is 0. The van der Waals surface area contributed by atoms with E-state index in [0.717, 1.165) is 5.39 Å². The summed E-state index contributed by atoms with van der Waals surface area (Å²) in [7, 11) is 1.58. The third-order valence-electron chi connectivity index (χ3n) is 5.10. The van der Waals surface area contributed by atoms with E-state index in [4.69, 9.17) is 9.63 Å². The second-order valence-electron chi connectivity index (χ2n) is 7.55. The predicted octanol–water partition coefficient (Wildman–Crippen LogP) is 1.35. The van der Waals surface area contributed by atoms with Crippen LogP contribution < -0.4 is 21.5 Å². The van der Waals surface area contributed by atoms with Gasteiger partial charge < -0.3 is 20.3 Å². The number of nitrogens with zero attached hydrogens (tertiary/aromatic N) is 5. The second-order valence-corrected chi connectivity index (χ2v) is 7.55. The highest BCUT2D eigenvalue weighted by molar-refractivity contribution is 5.90. The SMILES string of the molecule is Cn1ncc(-c2noc(CCC(=O)NCCCNc3n[nH]c(=O)c4ccccc34)n2)c1NC(=O)O. The van der Waals surface area contributed by atoms with Gasteiger partial charge in [0.2, 0.25) is 17.6 Å². The molecule has 0 aliphatic heterocycles. The van der Waals surface area contributed by atoms with Crippen LogP contribution in [0.15, 0.2) is 39.8 Å². The van der Waals surface area contributed by atoms with E-state index in [-0.39, 0.29) is 41.8 Å². The average molecular weight is 481 g/mol. The van der Waals surface area contributed by atoms with Crippen molar-refractivity contribution < 1.29 is 19.2 Å². The van der Waals surface area contributed by atoms with Crippen LogP contribution in [0.5, 0.6) is 0 Å². The largest absolute Gasteiger partial charge is 0.465 e. The highest BCUT2D eigenvalue weighted by Gasteiger charge is 2.18. The maximum Gasteiger partial charge on any atom is 0.410 e. The zero-order valence-electron chi connectivity index (χ0n) is 18.7. The molecule has 0 spiro atoms. The number of rotatable bonds is 10. The molecule has 3 heterocycles. The normalized spacial score (nSPS) is 10.9. The van der Waals surface area contributed by atoms with Gasteiger partial charge in [0.25, 0.3) is 5.56 Å². The molecule has 3 aromatic heterocycles. The molecule has 0 saturated carbocycles. The fourth-order valence-corrected chi connectivity index (χ4v) is 3.40. The molecule has 4 rings (SSSR count). The fraction of sp³-hybridized carbons (Fsp3) is 0.286. The van der Waals surface area contributed by atoms with Crippen molar-refractivity contribution in [3.05, 3.63) is 46.7 Å². The van der Waals surface area contributed by atoms with Crippen molar-refractivity contribution in [3.63, 3.8) is 0 Å². The Morgan fingerprint density at radius 2 is 2.00 bits per heavy atom. The number of carbonyl (C=O) groups excluding carboxylic acids is 1. The summed E-state index contributed by atoms with van der Waals surface area (Å²) in [5, 5.41) is 32.8. The first-order valence-corrected chi connectivity index (χ1v) is 10.7. The number of amides is 2. The Hall–Kier alpha value is -4.75. The number of carboxylic acid groups (broad SMARTS) is 1. The van der Waals surface area contributed by atoms with Gasteiger partial charge in [0, 0.05) is 38.4 Å². The van der Waals surface area contributed by atoms with Crippen molar-refractivity contribution in [3.8, 4) is 11.4 Å². The minimum absolute atomic E-state index is 0.147. The summed E-state index contributed by atoms with van der Waals surface area (Å²) in [6.07, 6.45) is 1.20. The molecule has 4 aromatic rings. The van der Waals surface area contributed by atoms with Gasteiger partial charge in [-0.2, -0.15) is 15.2 Å². The monoisotopic (exact) mass is 481 g/mol. The number of aryl methyl sites for hydroxylation is 2. The Morgan fingerprint density at radius 3 is 2.80 bits per heavy atom. The molecule has 1 aromatic carbocycles. The molecule has 0 radical (unpaired) electrons. The van der Waals surface area contributed by atoms with E-state index in [1.54, 1.807) is 19.2 Å². The van der Waals surface area contributed by atoms with Crippen LogP contribution in [0.4, 0.5) is 16.4 Å². The molecule has 0 saturated heterocycles. The third kappa shape index (κ3) is 5.61. The Balaban J connectivity index is 1.21. The summed E-state index contributed by atoms with van der Waals surface area (Å²) in [6.45, 7) is 0.996. The zero-order valence-corrected chi connectivity index (χ0v) is 18.7. The summed E-state index contributed by atoms with van der Waals surface area (Å²) < 4.78 is 6.52. The van der Waals surface area contributed by atoms with Gasteiger partial charge in [-0.25, -0.2) is 9.89 Å². The van der Waals surface area contributed by atoms with Gasteiger partial charge in [-0.3, -0.25) is 19.6 Å². The summed E-state index contributed by atoms with van der Waals surface area (Å²) in [6, 6.07) is 7.18. The Labute approximate surface area is 197 Å². The van der Waals surface area contributed by atoms with Crippen LogP contribution in [0.25, 0.3) is 22.2 Å². The lowest BCUT2D eigenvalue weighted by Gasteiger charge is -2.08. The van der Waals surface area contributed by atoms with E-state index in [2.05, 4.69) is 41.4 Å². The van der Waals surface area contributed by atoms with E-state index in [9.17, 15) is 14.4 Å². The number of benzene rings is 1. The van der Waals surface area contributed by atoms with Crippen molar-refractivity contribution in [1.29, 1.82) is 0 Å². The fourth-order valence-electron chi connectivity index (χ4n) is 3.40. The van der Waals surface area contributed by atoms with Crippen LogP contribution in [0.1, 0.15) is 18.7 Å². The highest BCUT2D eigenvalue weighted by atomic mass is 16.5. The van der Waals surface area contributed by atoms with Crippen molar-refractivity contribution in [1.82, 2.24) is 35.4 Å². The number of aromatic nitrogens is 6. The van der Waals surface area contributed by atoms with E-state index in [0.29, 0.717) is 36.3 Å². The molecule has 0 aliphatic rings. The first kappa shape index (κ1) is 23.4. The average Bonchev–Trinajstić information content (AvgIpc) is 3.45. The van der Waals surface area contributed by atoms with E-state index >= 15 is 0 Å². The van der Waals surface area contributed by atoms with Crippen LogP contribution in [-0.2, 0) is 18.3 Å². The van der Waals surface area contributed by atoms with E-state index in [1.807, 2.05) is 12.1 Å². The number of nitrogens with one attached hydrogen (secondary N) is 4. The van der Waals surface area contributed by atoms with E-state index in [1.165, 1.54) is 10.9 Å². The highest BCUT2D eigenvalue weighted by Crippen LogP contribution is 2.25. The molecule has 35 heavy (non-hydrogen) atoms. The molecule has 0 atom stereocenters. The van der Waals surface area contributed by atoms with Gasteiger partial charge in [0.05, 0.1) is 17.1 Å². The number of hydrogen-bond acceptors (Lipinski definition) is 9.